The van der Waals surface area contributed by atoms with Crippen LogP contribution in [0.1, 0.15) is 53.1 Å². The first-order valence-electron chi connectivity index (χ1n) is 6.04. The molecular formula is C13H21BrN2OS. The van der Waals surface area contributed by atoms with Gasteiger partial charge < -0.3 is 9.72 Å². The summed E-state index contributed by atoms with van der Waals surface area (Å²) in [4.78, 5) is 7.79. The van der Waals surface area contributed by atoms with Gasteiger partial charge in [-0.25, -0.2) is 4.98 Å². The van der Waals surface area contributed by atoms with Crippen molar-refractivity contribution in [1.82, 2.24) is 9.97 Å². The molecule has 0 amide bonds. The number of ether oxygens (including phenoxy) is 1. The van der Waals surface area contributed by atoms with E-state index in [1.165, 1.54) is 0 Å². The minimum Gasteiger partial charge on any atom is -0.368 e. The lowest BCUT2D eigenvalue weighted by atomic mass is 9.91. The van der Waals surface area contributed by atoms with Crippen LogP contribution in [0.25, 0.3) is 0 Å². The normalized spacial score (nSPS) is 12.8. The number of aromatic nitrogens is 2. The van der Waals surface area contributed by atoms with E-state index in [9.17, 15) is 0 Å². The van der Waals surface area contributed by atoms with Crippen LogP contribution >= 0.6 is 28.1 Å². The molecule has 0 bridgehead atoms. The summed E-state index contributed by atoms with van der Waals surface area (Å²) in [6.45, 7) is 13.0. The highest BCUT2D eigenvalue weighted by Gasteiger charge is 2.27. The second-order valence-electron chi connectivity index (χ2n) is 5.77. The summed E-state index contributed by atoms with van der Waals surface area (Å²) in [6, 6.07) is 0. The van der Waals surface area contributed by atoms with Crippen molar-refractivity contribution in [3.8, 4) is 0 Å². The van der Waals surface area contributed by atoms with Gasteiger partial charge in [-0.15, -0.1) is 0 Å². The molecule has 1 aromatic rings. The van der Waals surface area contributed by atoms with Crippen molar-refractivity contribution in [1.29, 1.82) is 0 Å². The molecule has 1 N–H and O–H groups in total. The van der Waals surface area contributed by atoms with Gasteiger partial charge in [-0.2, -0.15) is 0 Å². The lowest BCUT2D eigenvalue weighted by Crippen LogP contribution is -2.27. The molecule has 0 aliphatic carbocycles. The van der Waals surface area contributed by atoms with Crippen molar-refractivity contribution in [2.75, 3.05) is 6.61 Å². The number of aromatic amines is 1. The molecule has 0 aliphatic heterocycles. The molecule has 1 heterocycles. The van der Waals surface area contributed by atoms with E-state index in [1.54, 1.807) is 0 Å². The largest absolute Gasteiger partial charge is 0.368 e. The van der Waals surface area contributed by atoms with Gasteiger partial charge in [-0.3, -0.25) is 0 Å². The van der Waals surface area contributed by atoms with Gasteiger partial charge in [-0.1, -0.05) is 33.0 Å². The maximum atomic E-state index is 5.72. The molecule has 0 saturated heterocycles. The van der Waals surface area contributed by atoms with Gasteiger partial charge in [0.25, 0.3) is 0 Å². The maximum absolute atomic E-state index is 5.72. The average Bonchev–Trinajstić information content (AvgIpc) is 2.19. The fourth-order valence-electron chi connectivity index (χ4n) is 1.69. The molecule has 102 valence electrons. The third kappa shape index (κ3) is 3.39. The molecule has 1 aromatic heterocycles. The van der Waals surface area contributed by atoms with Crippen LogP contribution in [0.4, 0.5) is 0 Å². The van der Waals surface area contributed by atoms with Gasteiger partial charge in [0.05, 0.1) is 4.47 Å². The molecule has 0 fully saturated rings. The summed E-state index contributed by atoms with van der Waals surface area (Å²) >= 11 is 8.83. The van der Waals surface area contributed by atoms with Crippen LogP contribution in [-0.2, 0) is 15.8 Å². The molecule has 18 heavy (non-hydrogen) atoms. The van der Waals surface area contributed by atoms with Crippen molar-refractivity contribution in [2.45, 2.75) is 52.6 Å². The quantitative estimate of drug-likeness (QED) is 0.829. The summed E-state index contributed by atoms with van der Waals surface area (Å²) in [5.74, 6) is 0.766. The Morgan fingerprint density at radius 2 is 1.83 bits per heavy atom. The molecule has 0 saturated carbocycles. The Kier molecular flexibility index (Phi) is 4.73. The monoisotopic (exact) mass is 332 g/mol. The Morgan fingerprint density at radius 1 is 1.28 bits per heavy atom. The number of H-pyrrole nitrogens is 1. The third-order valence-electron chi connectivity index (χ3n) is 2.69. The second-order valence-corrected chi connectivity index (χ2v) is 6.95. The SMILES string of the molecule is CCOC(C)(C)c1nc(=S)c(Br)c(C(C)(C)C)[nH]1. The first kappa shape index (κ1) is 15.8. The first-order chi connectivity index (χ1) is 8.09. The van der Waals surface area contributed by atoms with Crippen LogP contribution in [0.3, 0.4) is 0 Å². The minimum atomic E-state index is -0.469. The zero-order valence-corrected chi connectivity index (χ0v) is 14.3. The molecule has 5 heteroatoms. The Bertz CT molecular complexity index is 489. The number of nitrogens with one attached hydrogen (secondary N) is 1. The minimum absolute atomic E-state index is 0.0353. The van der Waals surface area contributed by atoms with E-state index < -0.39 is 5.60 Å². The molecule has 0 unspecified atom stereocenters. The van der Waals surface area contributed by atoms with Gasteiger partial charge in [0.15, 0.2) is 0 Å². The molecule has 3 nitrogen and oxygen atoms in total. The molecule has 0 aromatic carbocycles. The standard InChI is InChI=1S/C13H21BrN2OS/c1-7-17-13(5,6)11-15-9(12(2,3)4)8(14)10(18)16-11/h7H2,1-6H3,(H,15,16,18). The average molecular weight is 333 g/mol. The summed E-state index contributed by atoms with van der Waals surface area (Å²) < 4.78 is 7.16. The van der Waals surface area contributed by atoms with Gasteiger partial charge in [0.1, 0.15) is 16.1 Å². The highest BCUT2D eigenvalue weighted by atomic mass is 79.9. The Hall–Kier alpha value is -0.260. The molecule has 0 atom stereocenters. The van der Waals surface area contributed by atoms with Crippen LogP contribution in [0.15, 0.2) is 4.47 Å². The fourth-order valence-corrected chi connectivity index (χ4v) is 2.67. The smallest absolute Gasteiger partial charge is 0.144 e. The number of hydrogen-bond donors (Lipinski definition) is 1. The zero-order valence-electron chi connectivity index (χ0n) is 11.8. The lowest BCUT2D eigenvalue weighted by molar-refractivity contribution is -0.0211. The summed E-state index contributed by atoms with van der Waals surface area (Å²) in [7, 11) is 0. The van der Waals surface area contributed by atoms with Crippen LogP contribution in [0.2, 0.25) is 0 Å². The van der Waals surface area contributed by atoms with Crippen LogP contribution in [-0.4, -0.2) is 16.6 Å². The second kappa shape index (κ2) is 5.39. The Balaban J connectivity index is 3.43. The molecule has 0 radical (unpaired) electrons. The highest BCUT2D eigenvalue weighted by Crippen LogP contribution is 2.31. The number of hydrogen-bond acceptors (Lipinski definition) is 3. The van der Waals surface area contributed by atoms with Crippen molar-refractivity contribution < 1.29 is 4.74 Å². The predicted molar refractivity (Wildman–Crippen MR) is 80.5 cm³/mol. The van der Waals surface area contributed by atoms with Gasteiger partial charge in [0.2, 0.25) is 0 Å². The molecule has 0 spiro atoms. The fraction of sp³-hybridized carbons (Fsp3) is 0.692. The van der Waals surface area contributed by atoms with Gasteiger partial charge >= 0.3 is 0 Å². The Labute approximate surface area is 122 Å². The third-order valence-corrected chi connectivity index (χ3v) is 4.02. The summed E-state index contributed by atoms with van der Waals surface area (Å²) in [5.41, 5.74) is 0.542. The highest BCUT2D eigenvalue weighted by molar-refractivity contribution is 9.10. The van der Waals surface area contributed by atoms with E-state index in [2.05, 4.69) is 46.7 Å². The van der Waals surface area contributed by atoms with E-state index in [0.717, 1.165) is 16.0 Å². The van der Waals surface area contributed by atoms with Crippen LogP contribution < -0.4 is 0 Å². The number of rotatable bonds is 3. The zero-order chi connectivity index (χ0) is 14.1. The van der Waals surface area contributed by atoms with Gasteiger partial charge in [0, 0.05) is 17.7 Å². The van der Waals surface area contributed by atoms with Crippen molar-refractivity contribution >= 4 is 28.1 Å². The number of nitrogens with zero attached hydrogens (tertiary/aromatic N) is 1. The van der Waals surface area contributed by atoms with E-state index in [-0.39, 0.29) is 5.41 Å². The predicted octanol–water partition coefficient (Wildman–Crippen LogP) is 4.47. The van der Waals surface area contributed by atoms with Crippen molar-refractivity contribution in [2.24, 2.45) is 0 Å². The Morgan fingerprint density at radius 3 is 2.28 bits per heavy atom. The van der Waals surface area contributed by atoms with Crippen LogP contribution in [0.5, 0.6) is 0 Å². The molecule has 0 aliphatic rings. The van der Waals surface area contributed by atoms with E-state index in [0.29, 0.717) is 11.2 Å². The maximum Gasteiger partial charge on any atom is 0.144 e. The summed E-state index contributed by atoms with van der Waals surface area (Å²) in [6.07, 6.45) is 0. The summed E-state index contributed by atoms with van der Waals surface area (Å²) in [5, 5.41) is 0. The van der Waals surface area contributed by atoms with Crippen molar-refractivity contribution in [3.05, 3.63) is 20.6 Å². The van der Waals surface area contributed by atoms with E-state index in [1.807, 2.05) is 20.8 Å². The lowest BCUT2D eigenvalue weighted by Gasteiger charge is -2.27. The number of halogens is 1. The molecular weight excluding hydrogens is 312 g/mol. The topological polar surface area (TPSA) is 37.9 Å². The van der Waals surface area contributed by atoms with E-state index >= 15 is 0 Å². The first-order valence-corrected chi connectivity index (χ1v) is 7.24. The van der Waals surface area contributed by atoms with E-state index in [4.69, 9.17) is 17.0 Å². The van der Waals surface area contributed by atoms with Crippen molar-refractivity contribution in [3.63, 3.8) is 0 Å². The molecule has 1 rings (SSSR count). The van der Waals surface area contributed by atoms with Crippen LogP contribution in [0, 0.1) is 4.64 Å². The van der Waals surface area contributed by atoms with Gasteiger partial charge in [-0.05, 0) is 36.7 Å².